The fourth-order valence-electron chi connectivity index (χ4n) is 2.89. The van der Waals surface area contributed by atoms with Crippen molar-refractivity contribution in [2.45, 2.75) is 19.0 Å². The molecule has 1 atom stereocenters. The van der Waals surface area contributed by atoms with Crippen molar-refractivity contribution < 1.29 is 22.7 Å². The number of nitrogens with one attached hydrogen (secondary N) is 1. The summed E-state index contributed by atoms with van der Waals surface area (Å²) in [6.07, 6.45) is -3.67. The molecule has 2 aromatic rings. The molecule has 25 heavy (non-hydrogen) atoms. The standard InChI is InChI=1S/C19H18F3NO2/c20-19(21,22)16-6-3-4-13(9-16)10-18(24)23-11-14-8-15-5-1-2-7-17(15)25-12-14/h1-7,9,14H,8,10-12H2,(H,23,24)/t14-/m1/s1. The third kappa shape index (κ3) is 4.53. The lowest BCUT2D eigenvalue weighted by molar-refractivity contribution is -0.137. The molecule has 3 rings (SSSR count). The number of hydrogen-bond acceptors (Lipinski definition) is 2. The molecule has 1 amide bonds. The second-order valence-corrected chi connectivity index (χ2v) is 6.17. The first-order valence-electron chi connectivity index (χ1n) is 8.05. The summed E-state index contributed by atoms with van der Waals surface area (Å²) < 4.78 is 43.8. The molecule has 2 aromatic carbocycles. The topological polar surface area (TPSA) is 38.3 Å². The number of alkyl halides is 3. The Labute approximate surface area is 143 Å². The fraction of sp³-hybridized carbons (Fsp3) is 0.316. The van der Waals surface area contributed by atoms with Crippen molar-refractivity contribution in [2.75, 3.05) is 13.2 Å². The zero-order valence-electron chi connectivity index (χ0n) is 13.5. The summed E-state index contributed by atoms with van der Waals surface area (Å²) in [5, 5.41) is 2.79. The number of hydrogen-bond donors (Lipinski definition) is 1. The molecule has 0 spiro atoms. The van der Waals surface area contributed by atoms with E-state index < -0.39 is 11.7 Å². The van der Waals surface area contributed by atoms with Crippen LogP contribution in [0.4, 0.5) is 13.2 Å². The number of carbonyl (C=O) groups is 1. The van der Waals surface area contributed by atoms with E-state index >= 15 is 0 Å². The van der Waals surface area contributed by atoms with Gasteiger partial charge in [-0.05, 0) is 29.7 Å². The molecule has 0 aliphatic carbocycles. The Kier molecular flexibility index (Phi) is 4.97. The number of ether oxygens (including phenoxy) is 1. The zero-order valence-corrected chi connectivity index (χ0v) is 13.5. The minimum absolute atomic E-state index is 0.0753. The zero-order chi connectivity index (χ0) is 17.9. The van der Waals surface area contributed by atoms with Crippen molar-refractivity contribution in [3.63, 3.8) is 0 Å². The predicted molar refractivity (Wildman–Crippen MR) is 87.3 cm³/mol. The molecule has 0 saturated carbocycles. The van der Waals surface area contributed by atoms with E-state index in [1.54, 1.807) is 0 Å². The molecule has 3 nitrogen and oxygen atoms in total. The number of rotatable bonds is 4. The number of fused-ring (bicyclic) bond motifs is 1. The van der Waals surface area contributed by atoms with Crippen molar-refractivity contribution in [1.82, 2.24) is 5.32 Å². The molecule has 1 heterocycles. The highest BCUT2D eigenvalue weighted by Gasteiger charge is 2.30. The van der Waals surface area contributed by atoms with Crippen LogP contribution in [0.15, 0.2) is 48.5 Å². The Bertz CT molecular complexity index is 758. The maximum Gasteiger partial charge on any atom is 0.416 e. The summed E-state index contributed by atoms with van der Waals surface area (Å²) in [6.45, 7) is 0.951. The Morgan fingerprint density at radius 1 is 1.16 bits per heavy atom. The lowest BCUT2D eigenvalue weighted by atomic mass is 9.96. The highest BCUT2D eigenvalue weighted by atomic mass is 19.4. The van der Waals surface area contributed by atoms with E-state index in [1.165, 1.54) is 12.1 Å². The van der Waals surface area contributed by atoms with Crippen LogP contribution in [-0.2, 0) is 23.8 Å². The molecule has 0 bridgehead atoms. The Morgan fingerprint density at radius 2 is 1.96 bits per heavy atom. The van der Waals surface area contributed by atoms with Gasteiger partial charge in [0.15, 0.2) is 0 Å². The van der Waals surface area contributed by atoms with Gasteiger partial charge in [0.2, 0.25) is 5.91 Å². The molecule has 0 fully saturated rings. The predicted octanol–water partition coefficient (Wildman–Crippen LogP) is 3.62. The second kappa shape index (κ2) is 7.17. The molecule has 132 valence electrons. The number of halogens is 3. The summed E-state index contributed by atoms with van der Waals surface area (Å²) in [5.74, 6) is 0.729. The van der Waals surface area contributed by atoms with Crippen LogP contribution in [0.25, 0.3) is 0 Å². The van der Waals surface area contributed by atoms with Crippen molar-refractivity contribution in [3.8, 4) is 5.75 Å². The lowest BCUT2D eigenvalue weighted by Crippen LogP contribution is -2.35. The van der Waals surface area contributed by atoms with Gasteiger partial charge in [-0.15, -0.1) is 0 Å². The molecular formula is C19H18F3NO2. The molecule has 0 unspecified atom stereocenters. The van der Waals surface area contributed by atoms with E-state index in [0.29, 0.717) is 18.7 Å². The first-order valence-corrected chi connectivity index (χ1v) is 8.05. The van der Waals surface area contributed by atoms with E-state index in [0.717, 1.165) is 29.9 Å². The minimum Gasteiger partial charge on any atom is -0.493 e. The third-order valence-corrected chi connectivity index (χ3v) is 4.16. The molecule has 6 heteroatoms. The smallest absolute Gasteiger partial charge is 0.416 e. The van der Waals surface area contributed by atoms with Gasteiger partial charge in [-0.2, -0.15) is 13.2 Å². The first-order chi connectivity index (χ1) is 11.9. The highest BCUT2D eigenvalue weighted by Crippen LogP contribution is 2.29. The summed E-state index contributed by atoms with van der Waals surface area (Å²) in [6, 6.07) is 12.6. The van der Waals surface area contributed by atoms with E-state index in [4.69, 9.17) is 4.74 Å². The minimum atomic E-state index is -4.40. The molecule has 1 N–H and O–H groups in total. The summed E-state index contributed by atoms with van der Waals surface area (Å²) >= 11 is 0. The maximum atomic E-state index is 12.7. The summed E-state index contributed by atoms with van der Waals surface area (Å²) in [4.78, 5) is 12.0. The fourth-order valence-corrected chi connectivity index (χ4v) is 2.89. The van der Waals surface area contributed by atoms with Gasteiger partial charge in [0.05, 0.1) is 18.6 Å². The first kappa shape index (κ1) is 17.3. The van der Waals surface area contributed by atoms with Crippen LogP contribution in [0.3, 0.4) is 0 Å². The Hall–Kier alpha value is -2.50. The molecule has 0 radical (unpaired) electrons. The van der Waals surface area contributed by atoms with E-state index in [-0.39, 0.29) is 18.2 Å². The van der Waals surface area contributed by atoms with Gasteiger partial charge in [-0.25, -0.2) is 0 Å². The molecule has 0 saturated heterocycles. The highest BCUT2D eigenvalue weighted by molar-refractivity contribution is 5.78. The molecule has 1 aliphatic heterocycles. The summed E-state index contributed by atoms with van der Waals surface area (Å²) in [7, 11) is 0. The second-order valence-electron chi connectivity index (χ2n) is 6.17. The maximum absolute atomic E-state index is 12.7. The monoisotopic (exact) mass is 349 g/mol. The Morgan fingerprint density at radius 3 is 2.76 bits per heavy atom. The van der Waals surface area contributed by atoms with Gasteiger partial charge < -0.3 is 10.1 Å². The number of benzene rings is 2. The Balaban J connectivity index is 1.52. The van der Waals surface area contributed by atoms with E-state index in [9.17, 15) is 18.0 Å². The van der Waals surface area contributed by atoms with Crippen molar-refractivity contribution in [3.05, 3.63) is 65.2 Å². The quantitative estimate of drug-likeness (QED) is 0.916. The van der Waals surface area contributed by atoms with Gasteiger partial charge >= 0.3 is 6.18 Å². The van der Waals surface area contributed by atoms with Gasteiger partial charge in [0.25, 0.3) is 0 Å². The van der Waals surface area contributed by atoms with Crippen LogP contribution in [0.2, 0.25) is 0 Å². The van der Waals surface area contributed by atoms with Crippen LogP contribution in [0, 0.1) is 5.92 Å². The van der Waals surface area contributed by atoms with Crippen molar-refractivity contribution >= 4 is 5.91 Å². The van der Waals surface area contributed by atoms with E-state index in [2.05, 4.69) is 5.32 Å². The SMILES string of the molecule is O=C(Cc1cccc(C(F)(F)F)c1)NC[C@@H]1COc2ccccc2C1. The average Bonchev–Trinajstić information content (AvgIpc) is 2.59. The van der Waals surface area contributed by atoms with Crippen LogP contribution in [0.1, 0.15) is 16.7 Å². The van der Waals surface area contributed by atoms with Crippen molar-refractivity contribution in [2.24, 2.45) is 5.92 Å². The van der Waals surface area contributed by atoms with Crippen LogP contribution in [0.5, 0.6) is 5.75 Å². The average molecular weight is 349 g/mol. The van der Waals surface area contributed by atoms with E-state index in [1.807, 2.05) is 24.3 Å². The number of amides is 1. The summed E-state index contributed by atoms with van der Waals surface area (Å²) in [5.41, 5.74) is 0.707. The normalized spacial score (nSPS) is 16.7. The molecule has 1 aliphatic rings. The van der Waals surface area contributed by atoms with Crippen molar-refractivity contribution in [1.29, 1.82) is 0 Å². The van der Waals surface area contributed by atoms with Gasteiger partial charge in [-0.3, -0.25) is 4.79 Å². The molecule has 0 aromatic heterocycles. The van der Waals surface area contributed by atoms with Gasteiger partial charge in [-0.1, -0.05) is 36.4 Å². The number of carbonyl (C=O) groups excluding carboxylic acids is 1. The number of para-hydroxylation sites is 1. The lowest BCUT2D eigenvalue weighted by Gasteiger charge is -2.25. The third-order valence-electron chi connectivity index (χ3n) is 4.16. The van der Waals surface area contributed by atoms with Crippen LogP contribution in [-0.4, -0.2) is 19.1 Å². The van der Waals surface area contributed by atoms with Gasteiger partial charge in [0.1, 0.15) is 5.75 Å². The van der Waals surface area contributed by atoms with Crippen LogP contribution < -0.4 is 10.1 Å². The molecular weight excluding hydrogens is 331 g/mol. The largest absolute Gasteiger partial charge is 0.493 e. The van der Waals surface area contributed by atoms with Crippen LogP contribution >= 0.6 is 0 Å². The van der Waals surface area contributed by atoms with Gasteiger partial charge in [0, 0.05) is 12.5 Å².